The Labute approximate surface area is 174 Å². The normalized spacial score (nSPS) is 15.3. The van der Waals surface area contributed by atoms with Gasteiger partial charge in [-0.15, -0.1) is 11.8 Å². The number of nitrogens with one attached hydrogen (secondary N) is 1. The molecule has 0 unspecified atom stereocenters. The first-order valence-corrected chi connectivity index (χ1v) is 10.7. The number of likely N-dealkylation sites (tertiary alicyclic amines) is 1. The van der Waals surface area contributed by atoms with Gasteiger partial charge in [0, 0.05) is 35.6 Å². The third-order valence-corrected chi connectivity index (χ3v) is 6.09. The van der Waals surface area contributed by atoms with E-state index in [1.165, 1.54) is 17.3 Å². The zero-order chi connectivity index (χ0) is 19.9. The summed E-state index contributed by atoms with van der Waals surface area (Å²) in [6, 6.07) is 15.4. The van der Waals surface area contributed by atoms with Crippen molar-refractivity contribution in [2.75, 3.05) is 18.8 Å². The third-order valence-electron chi connectivity index (χ3n) is 4.74. The number of nitrogens with zero attached hydrogens (tertiary/aromatic N) is 1. The Morgan fingerprint density at radius 3 is 2.46 bits per heavy atom. The van der Waals surface area contributed by atoms with Gasteiger partial charge in [-0.2, -0.15) is 0 Å². The lowest BCUT2D eigenvalue weighted by Gasteiger charge is -2.32. The molecule has 2 aromatic rings. The summed E-state index contributed by atoms with van der Waals surface area (Å²) in [6.07, 6.45) is 1.83. The molecular weight excluding hydrogens is 394 g/mol. The molecule has 2 aromatic carbocycles. The minimum absolute atomic E-state index is 0.0938. The van der Waals surface area contributed by atoms with Gasteiger partial charge in [0.2, 0.25) is 5.91 Å². The smallest absolute Gasteiger partial charge is 0.252 e. The number of benzene rings is 2. The second-order valence-corrected chi connectivity index (χ2v) is 8.36. The molecule has 0 saturated carbocycles. The highest BCUT2D eigenvalue weighted by molar-refractivity contribution is 8.00. The summed E-state index contributed by atoms with van der Waals surface area (Å²) >= 11 is 7.24. The van der Waals surface area contributed by atoms with Crippen molar-refractivity contribution in [1.29, 1.82) is 0 Å². The lowest BCUT2D eigenvalue weighted by molar-refractivity contribution is -0.115. The van der Waals surface area contributed by atoms with Gasteiger partial charge in [-0.05, 0) is 42.7 Å². The molecule has 3 rings (SSSR count). The Morgan fingerprint density at radius 2 is 1.79 bits per heavy atom. The molecular formula is C21H24ClN3O2S. The second-order valence-electron chi connectivity index (χ2n) is 6.90. The van der Waals surface area contributed by atoms with Crippen molar-refractivity contribution in [2.45, 2.75) is 30.3 Å². The van der Waals surface area contributed by atoms with Crippen LogP contribution in [-0.4, -0.2) is 41.6 Å². The molecule has 1 saturated heterocycles. The molecule has 28 heavy (non-hydrogen) atoms. The van der Waals surface area contributed by atoms with E-state index in [9.17, 15) is 9.59 Å². The van der Waals surface area contributed by atoms with E-state index >= 15 is 0 Å². The first kappa shape index (κ1) is 20.7. The maximum Gasteiger partial charge on any atom is 0.252 e. The summed E-state index contributed by atoms with van der Waals surface area (Å²) in [5.74, 6) is -0.329. The van der Waals surface area contributed by atoms with E-state index in [0.717, 1.165) is 42.4 Å². The lowest BCUT2D eigenvalue weighted by atomic mass is 10.0. The zero-order valence-corrected chi connectivity index (χ0v) is 17.1. The van der Waals surface area contributed by atoms with Crippen molar-refractivity contribution in [3.63, 3.8) is 0 Å². The number of hydrogen-bond donors (Lipinski definition) is 2. The molecule has 0 aliphatic carbocycles. The lowest BCUT2D eigenvalue weighted by Crippen LogP contribution is -2.44. The Morgan fingerprint density at radius 1 is 1.11 bits per heavy atom. The summed E-state index contributed by atoms with van der Waals surface area (Å²) in [7, 11) is 0. The summed E-state index contributed by atoms with van der Waals surface area (Å²) in [6.45, 7) is 2.77. The van der Waals surface area contributed by atoms with Gasteiger partial charge >= 0.3 is 0 Å². The van der Waals surface area contributed by atoms with Gasteiger partial charge in [-0.25, -0.2) is 0 Å². The maximum atomic E-state index is 12.7. The van der Waals surface area contributed by atoms with E-state index in [1.54, 1.807) is 6.07 Å². The number of carbonyl (C=O) groups is 2. The van der Waals surface area contributed by atoms with E-state index in [-0.39, 0.29) is 17.7 Å². The van der Waals surface area contributed by atoms with Crippen molar-refractivity contribution < 1.29 is 9.59 Å². The first-order valence-electron chi connectivity index (χ1n) is 9.29. The van der Waals surface area contributed by atoms with Gasteiger partial charge in [-0.1, -0.05) is 35.9 Å². The Kier molecular flexibility index (Phi) is 7.36. The number of primary amides is 1. The van der Waals surface area contributed by atoms with Crippen molar-refractivity contribution in [3.8, 4) is 0 Å². The molecule has 0 aromatic heterocycles. The van der Waals surface area contributed by atoms with Crippen molar-refractivity contribution in [3.05, 3.63) is 64.7 Å². The Balaban J connectivity index is 1.51. The fourth-order valence-electron chi connectivity index (χ4n) is 3.28. The van der Waals surface area contributed by atoms with E-state index in [2.05, 4.69) is 22.3 Å². The largest absolute Gasteiger partial charge is 0.369 e. The number of nitrogens with two attached hydrogens (primary N) is 1. The molecule has 0 bridgehead atoms. The fourth-order valence-corrected chi connectivity index (χ4v) is 4.19. The molecule has 2 amide bonds. The Bertz CT molecular complexity index is 821. The summed E-state index contributed by atoms with van der Waals surface area (Å²) in [5, 5.41) is 3.89. The van der Waals surface area contributed by atoms with E-state index in [1.807, 2.05) is 30.3 Å². The van der Waals surface area contributed by atoms with Crippen LogP contribution >= 0.6 is 23.4 Å². The van der Waals surface area contributed by atoms with Crippen LogP contribution in [0.25, 0.3) is 0 Å². The molecule has 1 heterocycles. The number of amides is 2. The average molecular weight is 418 g/mol. The topological polar surface area (TPSA) is 75.4 Å². The number of hydrogen-bond acceptors (Lipinski definition) is 4. The van der Waals surface area contributed by atoms with Crippen molar-refractivity contribution >= 4 is 35.2 Å². The number of rotatable bonds is 7. The van der Waals surface area contributed by atoms with Crippen LogP contribution in [0.5, 0.6) is 0 Å². The molecule has 3 N–H and O–H groups in total. The van der Waals surface area contributed by atoms with Crippen LogP contribution in [-0.2, 0) is 11.3 Å². The molecule has 0 spiro atoms. The van der Waals surface area contributed by atoms with Crippen LogP contribution in [0.15, 0.2) is 53.4 Å². The van der Waals surface area contributed by atoms with Crippen LogP contribution < -0.4 is 11.1 Å². The summed E-state index contributed by atoms with van der Waals surface area (Å²) < 4.78 is 0. The second kappa shape index (κ2) is 9.96. The van der Waals surface area contributed by atoms with E-state index < -0.39 is 5.91 Å². The minimum atomic E-state index is -0.395. The first-order chi connectivity index (χ1) is 13.5. The number of carbonyl (C=O) groups excluding carboxylic acids is 2. The van der Waals surface area contributed by atoms with Crippen molar-refractivity contribution in [1.82, 2.24) is 10.2 Å². The van der Waals surface area contributed by atoms with Gasteiger partial charge in [-0.3, -0.25) is 14.5 Å². The molecule has 1 aliphatic rings. The van der Waals surface area contributed by atoms with Gasteiger partial charge < -0.3 is 11.1 Å². The quantitative estimate of drug-likeness (QED) is 0.677. The van der Waals surface area contributed by atoms with Gasteiger partial charge in [0.15, 0.2) is 0 Å². The Hall–Kier alpha value is -2.02. The number of thioether (sulfide) groups is 1. The van der Waals surface area contributed by atoms with Crippen molar-refractivity contribution in [2.24, 2.45) is 5.73 Å². The van der Waals surface area contributed by atoms with E-state index in [4.69, 9.17) is 17.3 Å². The summed E-state index contributed by atoms with van der Waals surface area (Å²) in [4.78, 5) is 26.9. The highest BCUT2D eigenvalue weighted by Gasteiger charge is 2.22. The third kappa shape index (κ3) is 5.99. The monoisotopic (exact) mass is 417 g/mol. The fraction of sp³-hybridized carbons (Fsp3) is 0.333. The minimum Gasteiger partial charge on any atom is -0.369 e. The average Bonchev–Trinajstić information content (AvgIpc) is 2.70. The SMILES string of the molecule is NC(=O)CSc1ccccc1C(=O)NC1CCN(Cc2ccc(Cl)cc2)CC1. The van der Waals surface area contributed by atoms with Crippen LogP contribution in [0.3, 0.4) is 0 Å². The molecule has 5 nitrogen and oxygen atoms in total. The maximum absolute atomic E-state index is 12.7. The van der Waals surface area contributed by atoms with E-state index in [0.29, 0.717) is 5.56 Å². The number of halogens is 1. The van der Waals surface area contributed by atoms with Gasteiger partial charge in [0.25, 0.3) is 5.91 Å². The molecule has 0 atom stereocenters. The van der Waals surface area contributed by atoms with Crippen LogP contribution in [0, 0.1) is 0 Å². The van der Waals surface area contributed by atoms with Crippen LogP contribution in [0.2, 0.25) is 5.02 Å². The molecule has 7 heteroatoms. The van der Waals surface area contributed by atoms with Crippen LogP contribution in [0.1, 0.15) is 28.8 Å². The van der Waals surface area contributed by atoms with Gasteiger partial charge in [0.1, 0.15) is 0 Å². The highest BCUT2D eigenvalue weighted by atomic mass is 35.5. The van der Waals surface area contributed by atoms with Crippen LogP contribution in [0.4, 0.5) is 0 Å². The summed E-state index contributed by atoms with van der Waals surface area (Å²) in [5.41, 5.74) is 7.06. The zero-order valence-electron chi connectivity index (χ0n) is 15.6. The molecule has 1 fully saturated rings. The predicted octanol–water partition coefficient (Wildman–Crippen LogP) is 3.31. The highest BCUT2D eigenvalue weighted by Crippen LogP contribution is 2.23. The standard InChI is InChI=1S/C21H24ClN3O2S/c22-16-7-5-15(6-8-16)13-25-11-9-17(10-12-25)24-21(27)18-3-1-2-4-19(18)28-14-20(23)26/h1-8,17H,9-14H2,(H2,23,26)(H,24,27). The predicted molar refractivity (Wildman–Crippen MR) is 114 cm³/mol. The molecule has 148 valence electrons. The van der Waals surface area contributed by atoms with Gasteiger partial charge in [0.05, 0.1) is 11.3 Å². The molecule has 1 aliphatic heterocycles. The molecule has 0 radical (unpaired) electrons. The number of piperidine rings is 1.